The molecule has 0 spiro atoms. The van der Waals surface area contributed by atoms with Crippen LogP contribution in [0, 0.1) is 0 Å². The van der Waals surface area contributed by atoms with Crippen LogP contribution in [0.4, 0.5) is 0 Å². The first-order valence-corrected chi connectivity index (χ1v) is 8.34. The Morgan fingerprint density at radius 3 is 2.71 bits per heavy atom. The topological polar surface area (TPSA) is 67.5 Å². The lowest BCUT2D eigenvalue weighted by Crippen LogP contribution is -2.21. The van der Waals surface area contributed by atoms with Crippen molar-refractivity contribution in [3.8, 4) is 11.5 Å². The third-order valence-corrected chi connectivity index (χ3v) is 4.59. The summed E-state index contributed by atoms with van der Waals surface area (Å²) in [6.45, 7) is 1.25. The quantitative estimate of drug-likeness (QED) is 0.744. The van der Waals surface area contributed by atoms with Crippen LogP contribution >= 0.6 is 11.3 Å². The number of aromatic nitrogens is 2. The van der Waals surface area contributed by atoms with Crippen molar-refractivity contribution in [3.63, 3.8) is 0 Å². The van der Waals surface area contributed by atoms with Crippen LogP contribution in [-0.2, 0) is 13.1 Å². The molecule has 0 bridgehead atoms. The van der Waals surface area contributed by atoms with Gasteiger partial charge >= 0.3 is 0 Å². The fourth-order valence-corrected chi connectivity index (χ4v) is 3.32. The first-order chi connectivity index (χ1) is 11.6. The molecule has 1 N–H and O–H groups in total. The minimum absolute atomic E-state index is 0.0792. The van der Waals surface area contributed by atoms with Gasteiger partial charge in [0.2, 0.25) is 0 Å². The average molecular weight is 345 g/mol. The van der Waals surface area contributed by atoms with E-state index in [9.17, 15) is 4.79 Å². The molecule has 0 saturated heterocycles. The molecule has 0 aliphatic rings. The van der Waals surface area contributed by atoms with E-state index >= 15 is 0 Å². The molecule has 0 radical (unpaired) electrons. The maximum Gasteiger partial charge on any atom is 0.268 e. The van der Waals surface area contributed by atoms with E-state index in [1.807, 2.05) is 36.7 Å². The molecule has 2 aromatic heterocycles. The average Bonchev–Trinajstić information content (AvgIpc) is 3.03. The van der Waals surface area contributed by atoms with Gasteiger partial charge in [-0.2, -0.15) is 0 Å². The number of hydrogen-bond donors (Lipinski definition) is 1. The number of ether oxygens (including phenoxy) is 2. The highest BCUT2D eigenvalue weighted by Gasteiger charge is 2.10. The Labute approximate surface area is 143 Å². The summed E-state index contributed by atoms with van der Waals surface area (Å²) in [5.41, 5.74) is 1.76. The number of methoxy groups -OCH3 is 2. The van der Waals surface area contributed by atoms with Gasteiger partial charge in [0.05, 0.1) is 26.3 Å². The van der Waals surface area contributed by atoms with E-state index < -0.39 is 0 Å². The summed E-state index contributed by atoms with van der Waals surface area (Å²) in [5.74, 6) is 2.07. The molecule has 0 fully saturated rings. The Bertz CT molecular complexity index is 903. The van der Waals surface area contributed by atoms with E-state index in [0.717, 1.165) is 11.1 Å². The number of nitrogens with zero attached hydrogens (tertiary/aromatic N) is 2. The van der Waals surface area contributed by atoms with Crippen molar-refractivity contribution in [1.29, 1.82) is 0 Å². The van der Waals surface area contributed by atoms with Crippen molar-refractivity contribution in [1.82, 2.24) is 14.9 Å². The van der Waals surface area contributed by atoms with Gasteiger partial charge in [-0.3, -0.25) is 9.69 Å². The van der Waals surface area contributed by atoms with Crippen molar-refractivity contribution < 1.29 is 9.47 Å². The Balaban J connectivity index is 1.74. The van der Waals surface area contributed by atoms with E-state index in [2.05, 4.69) is 14.9 Å². The number of rotatable bonds is 6. The van der Waals surface area contributed by atoms with Crippen LogP contribution in [0.15, 0.2) is 34.4 Å². The standard InChI is InChI=1S/C17H19N3O3S/c1-20(9-11-4-5-13(22-2)14(8-11)23-3)10-15-18-12-6-7-24-16(12)17(21)19-15/h4-8H,9-10H2,1-3H3,(H,18,19,21). The van der Waals surface area contributed by atoms with Crippen LogP contribution in [0.1, 0.15) is 11.4 Å². The summed E-state index contributed by atoms with van der Waals surface area (Å²) < 4.78 is 11.2. The first-order valence-electron chi connectivity index (χ1n) is 7.46. The van der Waals surface area contributed by atoms with Gasteiger partial charge < -0.3 is 14.5 Å². The minimum atomic E-state index is -0.0792. The molecule has 0 aliphatic carbocycles. The second-order valence-corrected chi connectivity index (χ2v) is 6.43. The number of hydrogen-bond acceptors (Lipinski definition) is 6. The zero-order valence-corrected chi connectivity index (χ0v) is 14.6. The molecule has 0 amide bonds. The number of aromatic amines is 1. The normalized spacial score (nSPS) is 11.2. The fourth-order valence-electron chi connectivity index (χ4n) is 2.60. The Morgan fingerprint density at radius 2 is 1.96 bits per heavy atom. The first kappa shape index (κ1) is 16.5. The second kappa shape index (κ2) is 7.02. The molecule has 2 heterocycles. The molecule has 0 saturated carbocycles. The molecule has 0 aliphatic heterocycles. The van der Waals surface area contributed by atoms with E-state index in [4.69, 9.17) is 9.47 Å². The number of thiophene rings is 1. The van der Waals surface area contributed by atoms with Gasteiger partial charge in [-0.25, -0.2) is 4.98 Å². The predicted molar refractivity (Wildman–Crippen MR) is 95.0 cm³/mol. The monoisotopic (exact) mass is 345 g/mol. The fraction of sp³-hybridized carbons (Fsp3) is 0.294. The highest BCUT2D eigenvalue weighted by atomic mass is 32.1. The highest BCUT2D eigenvalue weighted by Crippen LogP contribution is 2.28. The van der Waals surface area contributed by atoms with Gasteiger partial charge in [0.25, 0.3) is 5.56 Å². The summed E-state index contributed by atoms with van der Waals surface area (Å²) >= 11 is 1.41. The molecule has 7 heteroatoms. The van der Waals surface area contributed by atoms with Crippen molar-refractivity contribution >= 4 is 21.6 Å². The van der Waals surface area contributed by atoms with E-state index in [-0.39, 0.29) is 5.56 Å². The Morgan fingerprint density at radius 1 is 1.17 bits per heavy atom. The number of benzene rings is 1. The van der Waals surface area contributed by atoms with Gasteiger partial charge in [-0.05, 0) is 36.2 Å². The molecule has 0 unspecified atom stereocenters. The van der Waals surface area contributed by atoms with Crippen molar-refractivity contribution in [2.45, 2.75) is 13.1 Å². The molecule has 0 atom stereocenters. The molecular weight excluding hydrogens is 326 g/mol. The summed E-state index contributed by atoms with van der Waals surface area (Å²) in [6.07, 6.45) is 0. The zero-order valence-electron chi connectivity index (χ0n) is 13.8. The van der Waals surface area contributed by atoms with Crippen LogP contribution in [0.25, 0.3) is 10.2 Å². The summed E-state index contributed by atoms with van der Waals surface area (Å²) in [5, 5.41) is 1.88. The third kappa shape index (κ3) is 3.42. The summed E-state index contributed by atoms with van der Waals surface area (Å²) in [6, 6.07) is 7.70. The Kier molecular flexibility index (Phi) is 4.82. The van der Waals surface area contributed by atoms with Crippen LogP contribution in [0.3, 0.4) is 0 Å². The summed E-state index contributed by atoms with van der Waals surface area (Å²) in [7, 11) is 5.22. The number of H-pyrrole nitrogens is 1. The highest BCUT2D eigenvalue weighted by molar-refractivity contribution is 7.17. The van der Waals surface area contributed by atoms with E-state index in [1.54, 1.807) is 14.2 Å². The lowest BCUT2D eigenvalue weighted by Gasteiger charge is -2.17. The van der Waals surface area contributed by atoms with Crippen LogP contribution in [-0.4, -0.2) is 36.1 Å². The van der Waals surface area contributed by atoms with Crippen molar-refractivity contribution in [2.75, 3.05) is 21.3 Å². The maximum atomic E-state index is 12.0. The van der Waals surface area contributed by atoms with Crippen LogP contribution in [0.5, 0.6) is 11.5 Å². The van der Waals surface area contributed by atoms with Gasteiger partial charge in [-0.1, -0.05) is 6.07 Å². The number of fused-ring (bicyclic) bond motifs is 1. The third-order valence-electron chi connectivity index (χ3n) is 3.68. The SMILES string of the molecule is COc1ccc(CN(C)Cc2nc3ccsc3c(=O)[nH]2)cc1OC. The molecule has 1 aromatic carbocycles. The van der Waals surface area contributed by atoms with Gasteiger partial charge in [-0.15, -0.1) is 11.3 Å². The van der Waals surface area contributed by atoms with Gasteiger partial charge in [0.15, 0.2) is 11.5 Å². The maximum absolute atomic E-state index is 12.0. The second-order valence-electron chi connectivity index (χ2n) is 5.51. The van der Waals surface area contributed by atoms with Gasteiger partial charge in [0, 0.05) is 6.54 Å². The largest absolute Gasteiger partial charge is 0.493 e. The van der Waals surface area contributed by atoms with Crippen molar-refractivity contribution in [2.24, 2.45) is 0 Å². The van der Waals surface area contributed by atoms with Crippen molar-refractivity contribution in [3.05, 3.63) is 51.4 Å². The zero-order chi connectivity index (χ0) is 17.1. The smallest absolute Gasteiger partial charge is 0.268 e. The van der Waals surface area contributed by atoms with Crippen LogP contribution < -0.4 is 15.0 Å². The molecular formula is C17H19N3O3S. The lowest BCUT2D eigenvalue weighted by atomic mass is 10.2. The van der Waals surface area contributed by atoms with Crippen LogP contribution in [0.2, 0.25) is 0 Å². The predicted octanol–water partition coefficient (Wildman–Crippen LogP) is 2.63. The Hall–Kier alpha value is -2.38. The molecule has 24 heavy (non-hydrogen) atoms. The molecule has 6 nitrogen and oxygen atoms in total. The molecule has 126 valence electrons. The molecule has 3 rings (SSSR count). The van der Waals surface area contributed by atoms with E-state index in [1.165, 1.54) is 11.3 Å². The number of nitrogens with one attached hydrogen (secondary N) is 1. The lowest BCUT2D eigenvalue weighted by molar-refractivity contribution is 0.308. The summed E-state index contributed by atoms with van der Waals surface area (Å²) in [4.78, 5) is 21.5. The molecule has 3 aromatic rings. The van der Waals surface area contributed by atoms with E-state index in [0.29, 0.717) is 35.1 Å². The minimum Gasteiger partial charge on any atom is -0.493 e. The van der Waals surface area contributed by atoms with Gasteiger partial charge in [0.1, 0.15) is 10.5 Å².